The molecule has 1 aromatic carbocycles. The van der Waals surface area contributed by atoms with Gasteiger partial charge < -0.3 is 20.5 Å². The van der Waals surface area contributed by atoms with Crippen molar-refractivity contribution in [3.05, 3.63) is 29.8 Å². The van der Waals surface area contributed by atoms with E-state index in [1.807, 2.05) is 31.2 Å². The summed E-state index contributed by atoms with van der Waals surface area (Å²) < 4.78 is 11.0. The van der Waals surface area contributed by atoms with Crippen LogP contribution in [0.5, 0.6) is 5.75 Å². The molecular formula is C16H24N2O3. The average molecular weight is 292 g/mol. The van der Waals surface area contributed by atoms with Gasteiger partial charge in [-0.15, -0.1) is 0 Å². The Hall–Kier alpha value is -1.59. The number of hydrogen-bond acceptors (Lipinski definition) is 4. The summed E-state index contributed by atoms with van der Waals surface area (Å²) in [5.41, 5.74) is 6.42. The third kappa shape index (κ3) is 3.95. The second-order valence-corrected chi connectivity index (χ2v) is 5.47. The lowest BCUT2D eigenvalue weighted by molar-refractivity contribution is -0.136. The van der Waals surface area contributed by atoms with Crippen LogP contribution in [0.15, 0.2) is 24.3 Å². The number of ether oxygens (including phenoxy) is 2. The van der Waals surface area contributed by atoms with Gasteiger partial charge in [-0.3, -0.25) is 4.79 Å². The molecular weight excluding hydrogens is 268 g/mol. The maximum atomic E-state index is 12.3. The summed E-state index contributed by atoms with van der Waals surface area (Å²) >= 11 is 0. The molecule has 0 saturated carbocycles. The Morgan fingerprint density at radius 1 is 1.38 bits per heavy atom. The lowest BCUT2D eigenvalue weighted by Crippen LogP contribution is -2.49. The molecule has 5 nitrogen and oxygen atoms in total. The number of benzene rings is 1. The van der Waals surface area contributed by atoms with Crippen LogP contribution in [0.3, 0.4) is 0 Å². The molecule has 21 heavy (non-hydrogen) atoms. The summed E-state index contributed by atoms with van der Waals surface area (Å²) in [5.74, 6) is 0.869. The zero-order valence-electron chi connectivity index (χ0n) is 12.6. The third-order valence-corrected chi connectivity index (χ3v) is 4.06. The fraction of sp³-hybridized carbons (Fsp3) is 0.562. The molecule has 1 aromatic rings. The first kappa shape index (κ1) is 15.8. The fourth-order valence-corrected chi connectivity index (χ4v) is 2.52. The fourth-order valence-electron chi connectivity index (χ4n) is 2.52. The van der Waals surface area contributed by atoms with Gasteiger partial charge in [0.15, 0.2) is 0 Å². The number of para-hydroxylation sites is 1. The maximum absolute atomic E-state index is 12.3. The molecule has 1 saturated heterocycles. The van der Waals surface area contributed by atoms with Crippen molar-refractivity contribution in [2.75, 3.05) is 32.9 Å². The van der Waals surface area contributed by atoms with Crippen LogP contribution >= 0.6 is 0 Å². The SMILES string of the molecule is Cc1ccccc1OCCNC(=O)C1(CN)CCOCC1. The second-order valence-electron chi connectivity index (χ2n) is 5.47. The van der Waals surface area contributed by atoms with E-state index in [0.29, 0.717) is 45.8 Å². The minimum Gasteiger partial charge on any atom is -0.491 e. The van der Waals surface area contributed by atoms with Crippen molar-refractivity contribution in [3.8, 4) is 5.75 Å². The minimum atomic E-state index is -0.471. The quantitative estimate of drug-likeness (QED) is 0.774. The van der Waals surface area contributed by atoms with Gasteiger partial charge in [0, 0.05) is 19.8 Å². The number of nitrogens with one attached hydrogen (secondary N) is 1. The number of nitrogens with two attached hydrogens (primary N) is 1. The molecule has 0 aliphatic carbocycles. The van der Waals surface area contributed by atoms with Gasteiger partial charge in [-0.1, -0.05) is 18.2 Å². The Morgan fingerprint density at radius 2 is 2.10 bits per heavy atom. The Balaban J connectivity index is 1.77. The molecule has 1 aliphatic heterocycles. The molecule has 1 amide bonds. The number of amides is 1. The van der Waals surface area contributed by atoms with E-state index in [1.54, 1.807) is 0 Å². The van der Waals surface area contributed by atoms with Gasteiger partial charge in [-0.05, 0) is 31.4 Å². The molecule has 1 aliphatic rings. The highest BCUT2D eigenvalue weighted by molar-refractivity contribution is 5.83. The molecule has 0 bridgehead atoms. The maximum Gasteiger partial charge on any atom is 0.227 e. The number of carbonyl (C=O) groups is 1. The molecule has 2 rings (SSSR count). The second kappa shape index (κ2) is 7.43. The normalized spacial score (nSPS) is 17.2. The zero-order chi connectivity index (χ0) is 15.1. The first-order chi connectivity index (χ1) is 10.2. The minimum absolute atomic E-state index is 0.0154. The third-order valence-electron chi connectivity index (χ3n) is 4.06. The Morgan fingerprint density at radius 3 is 2.76 bits per heavy atom. The van der Waals surface area contributed by atoms with Gasteiger partial charge in [0.05, 0.1) is 12.0 Å². The van der Waals surface area contributed by atoms with Crippen molar-refractivity contribution in [3.63, 3.8) is 0 Å². The lowest BCUT2D eigenvalue weighted by atomic mass is 9.79. The molecule has 0 spiro atoms. The number of rotatable bonds is 6. The Bertz CT molecular complexity index is 470. The first-order valence-electron chi connectivity index (χ1n) is 7.42. The van der Waals surface area contributed by atoms with E-state index >= 15 is 0 Å². The molecule has 1 fully saturated rings. The van der Waals surface area contributed by atoms with Crippen LogP contribution in [0.2, 0.25) is 0 Å². The van der Waals surface area contributed by atoms with Crippen LogP contribution in [0.4, 0.5) is 0 Å². The topological polar surface area (TPSA) is 73.6 Å². The zero-order valence-corrected chi connectivity index (χ0v) is 12.6. The van der Waals surface area contributed by atoms with Crippen molar-refractivity contribution in [2.24, 2.45) is 11.1 Å². The van der Waals surface area contributed by atoms with Gasteiger partial charge in [-0.2, -0.15) is 0 Å². The highest BCUT2D eigenvalue weighted by atomic mass is 16.5. The molecule has 1 heterocycles. The summed E-state index contributed by atoms with van der Waals surface area (Å²) in [5, 5.41) is 2.93. The van der Waals surface area contributed by atoms with Crippen molar-refractivity contribution in [2.45, 2.75) is 19.8 Å². The van der Waals surface area contributed by atoms with Crippen LogP contribution < -0.4 is 15.8 Å². The summed E-state index contributed by atoms with van der Waals surface area (Å²) in [6.07, 6.45) is 1.38. The van der Waals surface area contributed by atoms with Gasteiger partial charge in [0.1, 0.15) is 12.4 Å². The van der Waals surface area contributed by atoms with Gasteiger partial charge >= 0.3 is 0 Å². The lowest BCUT2D eigenvalue weighted by Gasteiger charge is -2.34. The predicted molar refractivity (Wildman–Crippen MR) is 81.2 cm³/mol. The van der Waals surface area contributed by atoms with Crippen LogP contribution in [-0.2, 0) is 9.53 Å². The standard InChI is InChI=1S/C16H24N2O3/c1-13-4-2-3-5-14(13)21-11-8-18-15(19)16(12-17)6-9-20-10-7-16/h2-5H,6-12,17H2,1H3,(H,18,19). The summed E-state index contributed by atoms with van der Waals surface area (Å²) in [6.45, 7) is 4.50. The van der Waals surface area contributed by atoms with E-state index in [2.05, 4.69) is 5.32 Å². The number of carbonyl (C=O) groups excluding carboxylic acids is 1. The smallest absolute Gasteiger partial charge is 0.227 e. The van der Waals surface area contributed by atoms with Gasteiger partial charge in [-0.25, -0.2) is 0 Å². The molecule has 116 valence electrons. The molecule has 3 N–H and O–H groups in total. The molecule has 0 radical (unpaired) electrons. The van der Waals surface area contributed by atoms with Crippen molar-refractivity contribution in [1.29, 1.82) is 0 Å². The highest BCUT2D eigenvalue weighted by Crippen LogP contribution is 2.29. The summed E-state index contributed by atoms with van der Waals surface area (Å²) in [6, 6.07) is 7.84. The Kier molecular flexibility index (Phi) is 5.59. The van der Waals surface area contributed by atoms with Crippen LogP contribution in [-0.4, -0.2) is 38.8 Å². The van der Waals surface area contributed by atoms with Gasteiger partial charge in [0.2, 0.25) is 5.91 Å². The monoisotopic (exact) mass is 292 g/mol. The largest absolute Gasteiger partial charge is 0.491 e. The predicted octanol–water partition coefficient (Wildman–Crippen LogP) is 1.25. The average Bonchev–Trinajstić information content (AvgIpc) is 2.53. The highest BCUT2D eigenvalue weighted by Gasteiger charge is 2.38. The first-order valence-corrected chi connectivity index (χ1v) is 7.42. The molecule has 0 aromatic heterocycles. The van der Waals surface area contributed by atoms with E-state index < -0.39 is 5.41 Å². The Labute approximate surface area is 125 Å². The van der Waals surface area contributed by atoms with E-state index in [9.17, 15) is 4.79 Å². The van der Waals surface area contributed by atoms with E-state index in [4.69, 9.17) is 15.2 Å². The number of hydrogen-bond donors (Lipinski definition) is 2. The van der Waals surface area contributed by atoms with E-state index in [-0.39, 0.29) is 5.91 Å². The van der Waals surface area contributed by atoms with Crippen LogP contribution in [0.25, 0.3) is 0 Å². The molecule has 0 unspecified atom stereocenters. The summed E-state index contributed by atoms with van der Waals surface area (Å²) in [4.78, 5) is 12.3. The van der Waals surface area contributed by atoms with Crippen molar-refractivity contribution >= 4 is 5.91 Å². The van der Waals surface area contributed by atoms with Crippen LogP contribution in [0.1, 0.15) is 18.4 Å². The van der Waals surface area contributed by atoms with Gasteiger partial charge in [0.25, 0.3) is 0 Å². The molecule has 0 atom stereocenters. The van der Waals surface area contributed by atoms with Crippen LogP contribution in [0, 0.1) is 12.3 Å². The number of aryl methyl sites for hydroxylation is 1. The van der Waals surface area contributed by atoms with Crippen molar-refractivity contribution < 1.29 is 14.3 Å². The van der Waals surface area contributed by atoms with Crippen molar-refractivity contribution in [1.82, 2.24) is 5.32 Å². The van der Waals surface area contributed by atoms with E-state index in [0.717, 1.165) is 11.3 Å². The van der Waals surface area contributed by atoms with E-state index in [1.165, 1.54) is 0 Å². The molecule has 5 heteroatoms. The summed E-state index contributed by atoms with van der Waals surface area (Å²) in [7, 11) is 0.